The van der Waals surface area contributed by atoms with Crippen LogP contribution < -0.4 is 8.85 Å². The van der Waals surface area contributed by atoms with E-state index in [0.717, 1.165) is 22.6 Å². The Morgan fingerprint density at radius 2 is 1.04 bits per heavy atom. The molecule has 0 bridgehead atoms. The molecule has 3 nitrogen and oxygen atoms in total. The summed E-state index contributed by atoms with van der Waals surface area (Å²) in [4.78, 5) is 0. The number of benzene rings is 2. The van der Waals surface area contributed by atoms with Crippen molar-refractivity contribution in [2.45, 2.75) is 53.9 Å². The van der Waals surface area contributed by atoms with E-state index in [1.165, 1.54) is 11.1 Å². The molecule has 2 rings (SSSR count). The lowest BCUT2D eigenvalue weighted by atomic mass is 10.1. The van der Waals surface area contributed by atoms with Crippen LogP contribution in [0.15, 0.2) is 36.4 Å². The molecule has 0 heterocycles. The first-order valence-corrected chi connectivity index (χ1v) is 14.3. The Labute approximate surface area is 154 Å². The van der Waals surface area contributed by atoms with Crippen LogP contribution in [-0.2, 0) is 4.12 Å². The van der Waals surface area contributed by atoms with Crippen LogP contribution in [0.2, 0.25) is 26.2 Å². The van der Waals surface area contributed by atoms with Gasteiger partial charge in [0.05, 0.1) is 0 Å². The lowest BCUT2D eigenvalue weighted by molar-refractivity contribution is 0.267. The van der Waals surface area contributed by atoms with Gasteiger partial charge >= 0.3 is 8.80 Å². The van der Waals surface area contributed by atoms with Gasteiger partial charge in [0.25, 0.3) is 0 Å². The topological polar surface area (TPSA) is 27.7 Å². The van der Waals surface area contributed by atoms with Crippen molar-refractivity contribution in [2.75, 3.05) is 0 Å². The van der Waals surface area contributed by atoms with Crippen molar-refractivity contribution < 1.29 is 13.0 Å². The normalized spacial score (nSPS) is 12.2. The van der Waals surface area contributed by atoms with Gasteiger partial charge in [-0.25, -0.2) is 0 Å². The summed E-state index contributed by atoms with van der Waals surface area (Å²) >= 11 is 0. The third-order valence-electron chi connectivity index (χ3n) is 4.19. The Morgan fingerprint density at radius 3 is 1.40 bits per heavy atom. The average molecular weight is 375 g/mol. The van der Waals surface area contributed by atoms with E-state index in [1.807, 2.05) is 30.8 Å². The van der Waals surface area contributed by atoms with Crippen molar-refractivity contribution in [1.29, 1.82) is 0 Å². The predicted octanol–water partition coefficient (Wildman–Crippen LogP) is 5.80. The first-order chi connectivity index (χ1) is 11.5. The Balaban J connectivity index is 2.40. The minimum atomic E-state index is -2.91. The molecule has 0 fully saturated rings. The molecule has 0 saturated heterocycles. The molecule has 2 aromatic carbocycles. The zero-order chi connectivity index (χ0) is 18.8. The van der Waals surface area contributed by atoms with Crippen LogP contribution >= 0.6 is 0 Å². The fourth-order valence-electron chi connectivity index (χ4n) is 2.69. The Kier molecular flexibility index (Phi) is 5.81. The van der Waals surface area contributed by atoms with E-state index in [-0.39, 0.29) is 0 Å². The molecule has 0 unspecified atom stereocenters. The van der Waals surface area contributed by atoms with E-state index < -0.39 is 17.1 Å². The lowest BCUT2D eigenvalue weighted by Gasteiger charge is -2.33. The average Bonchev–Trinajstić information content (AvgIpc) is 2.47. The van der Waals surface area contributed by atoms with Crippen molar-refractivity contribution >= 4 is 17.1 Å². The summed E-state index contributed by atoms with van der Waals surface area (Å²) < 4.78 is 19.3. The maximum atomic E-state index is 6.46. The molecular weight excluding hydrogens is 344 g/mol. The second-order valence-corrected chi connectivity index (χ2v) is 14.9. The number of aryl methyl sites for hydroxylation is 2. The molecule has 5 heteroatoms. The molecule has 0 aliphatic heterocycles. The molecule has 0 saturated carbocycles. The van der Waals surface area contributed by atoms with E-state index in [4.69, 9.17) is 13.0 Å². The molecule has 0 radical (unpaired) electrons. The van der Waals surface area contributed by atoms with Gasteiger partial charge in [0.2, 0.25) is 0 Å². The van der Waals surface area contributed by atoms with Gasteiger partial charge < -0.3 is 13.0 Å². The van der Waals surface area contributed by atoms with E-state index in [2.05, 4.69) is 59.5 Å². The summed E-state index contributed by atoms with van der Waals surface area (Å²) in [5.74, 6) is 1.69. The maximum absolute atomic E-state index is 6.46. The van der Waals surface area contributed by atoms with Crippen LogP contribution in [0, 0.1) is 27.7 Å². The predicted molar refractivity (Wildman–Crippen MR) is 109 cm³/mol. The molecule has 0 aromatic heterocycles. The van der Waals surface area contributed by atoms with Gasteiger partial charge in [0.15, 0.2) is 8.32 Å². The molecule has 2 aromatic rings. The van der Waals surface area contributed by atoms with Crippen LogP contribution in [0.3, 0.4) is 0 Å². The zero-order valence-electron chi connectivity index (χ0n) is 16.7. The Bertz CT molecular complexity index is 698. The maximum Gasteiger partial charge on any atom is 0.618 e. The molecular formula is C20H30O3Si2. The minimum Gasteiger partial charge on any atom is -0.492 e. The molecule has 0 amide bonds. The van der Waals surface area contributed by atoms with Gasteiger partial charge in [-0.2, -0.15) is 0 Å². The van der Waals surface area contributed by atoms with E-state index >= 15 is 0 Å². The standard InChI is InChI=1S/C20H30O3Si2/c1-15-11-9-13-19(17(15)3)21-25(8,23-24(5,6)7)22-20-14-10-12-16(2)18(20)4/h9-14H,1-8H3. The SMILES string of the molecule is Cc1cccc(O[Si](C)(Oc2cccc(C)c2C)O[Si](C)(C)C)c1C. The Morgan fingerprint density at radius 1 is 0.640 bits per heavy atom. The smallest absolute Gasteiger partial charge is 0.492 e. The first-order valence-electron chi connectivity index (χ1n) is 8.71. The molecule has 0 aliphatic carbocycles. The monoisotopic (exact) mass is 374 g/mol. The summed E-state index contributed by atoms with van der Waals surface area (Å²) in [7, 11) is -4.76. The first kappa shape index (κ1) is 19.8. The summed E-state index contributed by atoms with van der Waals surface area (Å²) in [6, 6.07) is 12.2. The van der Waals surface area contributed by atoms with Gasteiger partial charge in [-0.3, -0.25) is 0 Å². The zero-order valence-corrected chi connectivity index (χ0v) is 18.7. The van der Waals surface area contributed by atoms with Gasteiger partial charge in [0, 0.05) is 6.55 Å². The summed E-state index contributed by atoms with van der Waals surface area (Å²) in [6.45, 7) is 16.8. The highest BCUT2D eigenvalue weighted by Crippen LogP contribution is 2.30. The van der Waals surface area contributed by atoms with Crippen LogP contribution in [0.5, 0.6) is 11.5 Å². The second kappa shape index (κ2) is 7.35. The van der Waals surface area contributed by atoms with Gasteiger partial charge in [0.1, 0.15) is 11.5 Å². The van der Waals surface area contributed by atoms with E-state index in [0.29, 0.717) is 0 Å². The minimum absolute atomic E-state index is 0.845. The molecule has 136 valence electrons. The summed E-state index contributed by atoms with van der Waals surface area (Å²) in [5.41, 5.74) is 4.66. The van der Waals surface area contributed by atoms with Crippen LogP contribution in [0.25, 0.3) is 0 Å². The van der Waals surface area contributed by atoms with Crippen LogP contribution in [0.1, 0.15) is 22.3 Å². The highest BCUT2D eigenvalue weighted by Gasteiger charge is 2.44. The van der Waals surface area contributed by atoms with Crippen LogP contribution in [0.4, 0.5) is 0 Å². The molecule has 0 N–H and O–H groups in total. The highest BCUT2D eigenvalue weighted by molar-refractivity contribution is 6.80. The van der Waals surface area contributed by atoms with Crippen molar-refractivity contribution in [3.8, 4) is 11.5 Å². The molecule has 0 aliphatic rings. The van der Waals surface area contributed by atoms with Gasteiger partial charge in [-0.1, -0.05) is 24.3 Å². The number of hydrogen-bond donors (Lipinski definition) is 0. The largest absolute Gasteiger partial charge is 0.618 e. The van der Waals surface area contributed by atoms with Crippen molar-refractivity contribution in [2.24, 2.45) is 0 Å². The van der Waals surface area contributed by atoms with Crippen molar-refractivity contribution in [1.82, 2.24) is 0 Å². The van der Waals surface area contributed by atoms with E-state index in [9.17, 15) is 0 Å². The molecule has 25 heavy (non-hydrogen) atoms. The molecule has 0 spiro atoms. The second-order valence-electron chi connectivity index (χ2n) is 7.68. The lowest BCUT2D eigenvalue weighted by Crippen LogP contribution is -2.55. The number of hydrogen-bond acceptors (Lipinski definition) is 3. The highest BCUT2D eigenvalue weighted by atomic mass is 28.5. The summed E-state index contributed by atoms with van der Waals surface area (Å²) in [5, 5.41) is 0. The number of rotatable bonds is 6. The van der Waals surface area contributed by atoms with Gasteiger partial charge in [-0.05, 0) is 81.7 Å². The van der Waals surface area contributed by atoms with E-state index in [1.54, 1.807) is 0 Å². The van der Waals surface area contributed by atoms with Crippen LogP contribution in [-0.4, -0.2) is 17.1 Å². The third-order valence-corrected chi connectivity index (χ3v) is 9.31. The fraction of sp³-hybridized carbons (Fsp3) is 0.400. The quantitative estimate of drug-likeness (QED) is 0.598. The Hall–Kier alpha value is -1.57. The third kappa shape index (κ3) is 5.20. The summed E-state index contributed by atoms with van der Waals surface area (Å²) in [6.07, 6.45) is 0. The van der Waals surface area contributed by atoms with Crippen molar-refractivity contribution in [3.63, 3.8) is 0 Å². The molecule has 0 atom stereocenters. The van der Waals surface area contributed by atoms with Gasteiger partial charge in [-0.15, -0.1) is 0 Å². The fourth-order valence-corrected chi connectivity index (χ4v) is 8.75. The van der Waals surface area contributed by atoms with Crippen molar-refractivity contribution in [3.05, 3.63) is 58.7 Å².